The summed E-state index contributed by atoms with van der Waals surface area (Å²) < 4.78 is 1.66. The summed E-state index contributed by atoms with van der Waals surface area (Å²) in [7, 11) is 0. The van der Waals surface area contributed by atoms with Crippen molar-refractivity contribution >= 4 is 39.2 Å². The van der Waals surface area contributed by atoms with E-state index in [0.29, 0.717) is 28.5 Å². The molecular formula is C20H23N3O2S2. The van der Waals surface area contributed by atoms with Gasteiger partial charge in [-0.1, -0.05) is 49.0 Å². The molecule has 0 aliphatic heterocycles. The molecule has 0 spiro atoms. The summed E-state index contributed by atoms with van der Waals surface area (Å²) in [4.78, 5) is 30.8. The first-order valence-electron chi connectivity index (χ1n) is 9.08. The minimum Gasteiger partial charge on any atom is -0.355 e. The van der Waals surface area contributed by atoms with Gasteiger partial charge in [0.15, 0.2) is 5.16 Å². The van der Waals surface area contributed by atoms with Crippen molar-refractivity contribution in [3.05, 3.63) is 46.1 Å². The van der Waals surface area contributed by atoms with Crippen molar-refractivity contribution in [2.45, 2.75) is 44.1 Å². The summed E-state index contributed by atoms with van der Waals surface area (Å²) >= 11 is 2.80. The Morgan fingerprint density at radius 3 is 2.70 bits per heavy atom. The normalized spacial score (nSPS) is 12.3. The number of carbonyl (C=O) groups excluding carboxylic acids is 1. The Labute approximate surface area is 166 Å². The molecule has 1 amide bonds. The molecular weight excluding hydrogens is 378 g/mol. The molecule has 0 saturated heterocycles. The molecule has 3 aromatic rings. The Morgan fingerprint density at radius 2 is 2.04 bits per heavy atom. The Hall–Kier alpha value is -2.12. The Bertz CT molecular complexity index is 996. The Morgan fingerprint density at radius 1 is 1.30 bits per heavy atom. The first-order valence-corrected chi connectivity index (χ1v) is 10.8. The van der Waals surface area contributed by atoms with Gasteiger partial charge in [0.2, 0.25) is 5.91 Å². The summed E-state index contributed by atoms with van der Waals surface area (Å²) in [5.41, 5.74) is 1.88. The fourth-order valence-electron chi connectivity index (χ4n) is 2.81. The van der Waals surface area contributed by atoms with Crippen molar-refractivity contribution in [3.8, 4) is 11.1 Å². The molecule has 3 rings (SSSR count). The fraction of sp³-hybridized carbons (Fsp3) is 0.350. The van der Waals surface area contributed by atoms with Gasteiger partial charge >= 0.3 is 0 Å². The zero-order valence-corrected chi connectivity index (χ0v) is 17.3. The molecule has 0 radical (unpaired) electrons. The molecule has 0 aliphatic rings. The van der Waals surface area contributed by atoms with E-state index < -0.39 is 0 Å². The maximum atomic E-state index is 13.2. The van der Waals surface area contributed by atoms with Gasteiger partial charge in [-0.2, -0.15) is 0 Å². The summed E-state index contributed by atoms with van der Waals surface area (Å²) in [6.07, 6.45) is 0.893. The van der Waals surface area contributed by atoms with Crippen LogP contribution in [0.1, 0.15) is 27.2 Å². The van der Waals surface area contributed by atoms with Crippen LogP contribution in [0.3, 0.4) is 0 Å². The zero-order valence-electron chi connectivity index (χ0n) is 15.7. The predicted octanol–water partition coefficient (Wildman–Crippen LogP) is 4.15. The monoisotopic (exact) mass is 401 g/mol. The van der Waals surface area contributed by atoms with Gasteiger partial charge < -0.3 is 5.32 Å². The minimum absolute atomic E-state index is 0.0324. The molecule has 7 heteroatoms. The summed E-state index contributed by atoms with van der Waals surface area (Å²) in [5.74, 6) is -0.0324. The van der Waals surface area contributed by atoms with Crippen LogP contribution >= 0.6 is 23.1 Å². The van der Waals surface area contributed by atoms with Gasteiger partial charge in [0, 0.05) is 24.0 Å². The number of hydrogen-bond donors (Lipinski definition) is 1. The van der Waals surface area contributed by atoms with Crippen molar-refractivity contribution < 1.29 is 4.79 Å². The second kappa shape index (κ2) is 8.71. The van der Waals surface area contributed by atoms with E-state index in [1.54, 1.807) is 4.57 Å². The van der Waals surface area contributed by atoms with Gasteiger partial charge in [-0.15, -0.1) is 11.3 Å². The summed E-state index contributed by atoms with van der Waals surface area (Å²) in [6.45, 7) is 6.95. The number of thioether (sulfide) groups is 1. The molecule has 0 saturated carbocycles. The average molecular weight is 402 g/mol. The first kappa shape index (κ1) is 19.6. The molecule has 0 fully saturated rings. The second-order valence-corrected chi connectivity index (χ2v) is 8.36. The highest BCUT2D eigenvalue weighted by molar-refractivity contribution is 8.00. The van der Waals surface area contributed by atoms with Crippen molar-refractivity contribution in [1.29, 1.82) is 0 Å². The Kier molecular flexibility index (Phi) is 6.34. The van der Waals surface area contributed by atoms with Gasteiger partial charge in [0.05, 0.1) is 10.6 Å². The molecule has 1 aromatic carbocycles. The smallest absolute Gasteiger partial charge is 0.263 e. The van der Waals surface area contributed by atoms with Crippen LogP contribution < -0.4 is 10.9 Å². The van der Waals surface area contributed by atoms with Crippen LogP contribution in [0.5, 0.6) is 0 Å². The third kappa shape index (κ3) is 4.09. The number of aromatic nitrogens is 2. The van der Waals surface area contributed by atoms with Crippen molar-refractivity contribution in [2.75, 3.05) is 6.54 Å². The van der Waals surface area contributed by atoms with Crippen molar-refractivity contribution in [1.82, 2.24) is 14.9 Å². The highest BCUT2D eigenvalue weighted by atomic mass is 32.2. The van der Waals surface area contributed by atoms with Crippen LogP contribution in [-0.2, 0) is 11.3 Å². The number of rotatable bonds is 7. The van der Waals surface area contributed by atoms with E-state index in [1.807, 2.05) is 56.5 Å². The van der Waals surface area contributed by atoms with Gasteiger partial charge in [-0.3, -0.25) is 14.2 Å². The van der Waals surface area contributed by atoms with Crippen molar-refractivity contribution in [2.24, 2.45) is 0 Å². The van der Waals surface area contributed by atoms with E-state index in [2.05, 4.69) is 5.32 Å². The maximum Gasteiger partial charge on any atom is 0.263 e. The number of carbonyl (C=O) groups is 1. The second-order valence-electron chi connectivity index (χ2n) is 6.19. The lowest BCUT2D eigenvalue weighted by Crippen LogP contribution is -2.32. The topological polar surface area (TPSA) is 64.0 Å². The average Bonchev–Trinajstić information content (AvgIpc) is 3.11. The van der Waals surface area contributed by atoms with Crippen LogP contribution in [-0.4, -0.2) is 27.3 Å². The van der Waals surface area contributed by atoms with Gasteiger partial charge in [-0.05, 0) is 25.8 Å². The largest absolute Gasteiger partial charge is 0.355 e. The highest BCUT2D eigenvalue weighted by Crippen LogP contribution is 2.32. The maximum absolute atomic E-state index is 13.2. The summed E-state index contributed by atoms with van der Waals surface area (Å²) in [5, 5.41) is 5.81. The molecule has 27 heavy (non-hydrogen) atoms. The number of amides is 1. The van der Waals surface area contributed by atoms with Gasteiger partial charge in [0.25, 0.3) is 5.56 Å². The number of hydrogen-bond acceptors (Lipinski definition) is 5. The lowest BCUT2D eigenvalue weighted by molar-refractivity contribution is -0.120. The van der Waals surface area contributed by atoms with E-state index in [1.165, 1.54) is 23.1 Å². The van der Waals surface area contributed by atoms with E-state index in [9.17, 15) is 9.59 Å². The quantitative estimate of drug-likeness (QED) is 0.477. The lowest BCUT2D eigenvalue weighted by Gasteiger charge is -2.14. The number of nitrogens with zero attached hydrogens (tertiary/aromatic N) is 2. The molecule has 0 aliphatic carbocycles. The minimum atomic E-state index is -0.313. The van der Waals surface area contributed by atoms with E-state index in [4.69, 9.17) is 4.98 Å². The number of fused-ring (bicyclic) bond motifs is 1. The van der Waals surface area contributed by atoms with E-state index >= 15 is 0 Å². The summed E-state index contributed by atoms with van der Waals surface area (Å²) in [6, 6.07) is 9.89. The lowest BCUT2D eigenvalue weighted by atomic mass is 10.1. The van der Waals surface area contributed by atoms with E-state index in [0.717, 1.165) is 17.5 Å². The Balaban J connectivity index is 2.01. The molecule has 1 atom stereocenters. The number of thiophene rings is 1. The molecule has 0 unspecified atom stereocenters. The van der Waals surface area contributed by atoms with Crippen LogP contribution in [0.15, 0.2) is 45.7 Å². The molecule has 2 heterocycles. The van der Waals surface area contributed by atoms with Gasteiger partial charge in [-0.25, -0.2) is 4.98 Å². The molecule has 1 N–H and O–H groups in total. The van der Waals surface area contributed by atoms with Crippen LogP contribution in [0.25, 0.3) is 21.3 Å². The van der Waals surface area contributed by atoms with E-state index in [-0.39, 0.29) is 16.7 Å². The molecule has 2 aromatic heterocycles. The predicted molar refractivity (Wildman–Crippen MR) is 114 cm³/mol. The zero-order chi connectivity index (χ0) is 19.4. The van der Waals surface area contributed by atoms with Crippen molar-refractivity contribution in [3.63, 3.8) is 0 Å². The standard InChI is InChI=1S/C20H23N3O2S2/c1-4-11-21-17(24)13(3)27-20-22-18-16(19(25)23(20)5-2)15(12-26-18)14-9-7-6-8-10-14/h6-10,12-13H,4-5,11H2,1-3H3,(H,21,24)/t13-/m0/s1. The molecule has 142 valence electrons. The van der Waals surface area contributed by atoms with Crippen LogP contribution in [0.2, 0.25) is 0 Å². The molecule has 0 bridgehead atoms. The SMILES string of the molecule is CCCNC(=O)[C@H](C)Sc1nc2scc(-c3ccccc3)c2c(=O)n1CC. The number of benzene rings is 1. The third-order valence-corrected chi connectivity index (χ3v) is 6.22. The fourth-order valence-corrected chi connectivity index (χ4v) is 4.79. The third-order valence-electron chi connectivity index (χ3n) is 4.26. The van der Waals surface area contributed by atoms with Gasteiger partial charge in [0.1, 0.15) is 4.83 Å². The van der Waals surface area contributed by atoms with Crippen LogP contribution in [0.4, 0.5) is 0 Å². The molecule has 5 nitrogen and oxygen atoms in total. The number of nitrogens with one attached hydrogen (secondary N) is 1. The first-order chi connectivity index (χ1) is 13.1. The highest BCUT2D eigenvalue weighted by Gasteiger charge is 2.20. The van der Waals surface area contributed by atoms with Crippen LogP contribution in [0, 0.1) is 0 Å².